The lowest BCUT2D eigenvalue weighted by molar-refractivity contribution is 0.0458. The minimum absolute atomic E-state index is 0.846. The van der Waals surface area contributed by atoms with Crippen molar-refractivity contribution >= 4 is 0 Å². The van der Waals surface area contributed by atoms with Gasteiger partial charge in [0.15, 0.2) is 0 Å². The highest BCUT2D eigenvalue weighted by atomic mass is 15.3. The van der Waals surface area contributed by atoms with Crippen LogP contribution >= 0.6 is 0 Å². The smallest absolute Gasteiger partial charge is 0.0232 e. The van der Waals surface area contributed by atoms with Crippen molar-refractivity contribution < 1.29 is 0 Å². The van der Waals surface area contributed by atoms with Gasteiger partial charge in [-0.15, -0.1) is 0 Å². The minimum atomic E-state index is 0.846. The first-order chi connectivity index (χ1) is 6.25. The summed E-state index contributed by atoms with van der Waals surface area (Å²) in [5, 5.41) is 3.42. The molecule has 0 saturated carbocycles. The van der Waals surface area contributed by atoms with Crippen molar-refractivity contribution in [1.82, 2.24) is 15.1 Å². The zero-order chi connectivity index (χ0) is 9.26. The zero-order valence-electron chi connectivity index (χ0n) is 8.79. The third kappa shape index (κ3) is 2.22. The summed E-state index contributed by atoms with van der Waals surface area (Å²) in [6.45, 7) is 6.35. The summed E-state index contributed by atoms with van der Waals surface area (Å²) in [4.78, 5) is 4.93. The average Bonchev–Trinajstić information content (AvgIpc) is 2.46. The summed E-state index contributed by atoms with van der Waals surface area (Å²) in [5.74, 6) is 0.926. The highest BCUT2D eigenvalue weighted by molar-refractivity contribution is 4.90. The largest absolute Gasteiger partial charge is 0.315 e. The van der Waals surface area contributed by atoms with Crippen molar-refractivity contribution in [1.29, 1.82) is 0 Å². The standard InChI is InChI=1S/C10H21N3/c1-12(2)6-9-7-13(8-9)10-3-4-11-5-10/h9-11H,3-8H2,1-2H3/t10-/m1/s1. The fourth-order valence-electron chi connectivity index (χ4n) is 2.49. The van der Waals surface area contributed by atoms with Gasteiger partial charge in [0.05, 0.1) is 0 Å². The summed E-state index contributed by atoms with van der Waals surface area (Å²) < 4.78 is 0. The molecule has 0 spiro atoms. The van der Waals surface area contributed by atoms with Gasteiger partial charge in [-0.3, -0.25) is 4.90 Å². The van der Waals surface area contributed by atoms with Crippen LogP contribution in [0.5, 0.6) is 0 Å². The molecule has 13 heavy (non-hydrogen) atoms. The quantitative estimate of drug-likeness (QED) is 0.656. The fourth-order valence-corrected chi connectivity index (χ4v) is 2.49. The topological polar surface area (TPSA) is 18.5 Å². The van der Waals surface area contributed by atoms with E-state index < -0.39 is 0 Å². The Balaban J connectivity index is 1.66. The predicted molar refractivity (Wildman–Crippen MR) is 54.9 cm³/mol. The molecule has 2 aliphatic heterocycles. The van der Waals surface area contributed by atoms with Crippen LogP contribution in [0.1, 0.15) is 6.42 Å². The maximum absolute atomic E-state index is 3.42. The van der Waals surface area contributed by atoms with Crippen LogP contribution in [-0.4, -0.2) is 62.7 Å². The van der Waals surface area contributed by atoms with Gasteiger partial charge >= 0.3 is 0 Å². The van der Waals surface area contributed by atoms with Crippen LogP contribution in [0.3, 0.4) is 0 Å². The number of hydrogen-bond acceptors (Lipinski definition) is 3. The maximum Gasteiger partial charge on any atom is 0.0232 e. The second kappa shape index (κ2) is 3.95. The molecule has 2 fully saturated rings. The molecule has 2 aliphatic rings. The average molecular weight is 183 g/mol. The Hall–Kier alpha value is -0.120. The first-order valence-corrected chi connectivity index (χ1v) is 5.35. The molecule has 0 radical (unpaired) electrons. The number of hydrogen-bond donors (Lipinski definition) is 1. The van der Waals surface area contributed by atoms with Crippen LogP contribution in [0.4, 0.5) is 0 Å². The molecule has 0 aromatic rings. The van der Waals surface area contributed by atoms with Gasteiger partial charge in [-0.05, 0) is 33.0 Å². The Labute approximate surface area is 81.1 Å². The van der Waals surface area contributed by atoms with Gasteiger partial charge < -0.3 is 10.2 Å². The Kier molecular flexibility index (Phi) is 2.86. The van der Waals surface area contributed by atoms with Gasteiger partial charge in [-0.2, -0.15) is 0 Å². The van der Waals surface area contributed by atoms with E-state index in [4.69, 9.17) is 0 Å². The summed E-state index contributed by atoms with van der Waals surface area (Å²) in [5.41, 5.74) is 0. The third-order valence-electron chi connectivity index (χ3n) is 3.16. The molecule has 2 saturated heterocycles. The molecule has 0 bridgehead atoms. The van der Waals surface area contributed by atoms with E-state index in [1.54, 1.807) is 0 Å². The SMILES string of the molecule is CN(C)CC1CN([C@@H]2CCNC2)C1. The lowest BCUT2D eigenvalue weighted by atomic mass is 9.97. The van der Waals surface area contributed by atoms with Crippen molar-refractivity contribution in [2.45, 2.75) is 12.5 Å². The summed E-state index contributed by atoms with van der Waals surface area (Å²) in [6.07, 6.45) is 1.36. The van der Waals surface area contributed by atoms with Crippen molar-refractivity contribution in [3.05, 3.63) is 0 Å². The zero-order valence-corrected chi connectivity index (χ0v) is 8.79. The van der Waals surface area contributed by atoms with Crippen LogP contribution < -0.4 is 5.32 Å². The highest BCUT2D eigenvalue weighted by Crippen LogP contribution is 2.21. The summed E-state index contributed by atoms with van der Waals surface area (Å²) >= 11 is 0. The first-order valence-electron chi connectivity index (χ1n) is 5.35. The summed E-state index contributed by atoms with van der Waals surface area (Å²) in [6, 6.07) is 0.846. The van der Waals surface area contributed by atoms with E-state index in [-0.39, 0.29) is 0 Å². The molecule has 2 heterocycles. The lowest BCUT2D eigenvalue weighted by Crippen LogP contribution is -2.55. The molecule has 0 aliphatic carbocycles. The third-order valence-corrected chi connectivity index (χ3v) is 3.16. The van der Waals surface area contributed by atoms with Crippen molar-refractivity contribution in [3.63, 3.8) is 0 Å². The summed E-state index contributed by atoms with van der Waals surface area (Å²) in [7, 11) is 4.33. The fraction of sp³-hybridized carbons (Fsp3) is 1.00. The number of nitrogens with zero attached hydrogens (tertiary/aromatic N) is 2. The molecule has 3 nitrogen and oxygen atoms in total. The van der Waals surface area contributed by atoms with Crippen LogP contribution in [0.15, 0.2) is 0 Å². The van der Waals surface area contributed by atoms with E-state index in [0.717, 1.165) is 12.0 Å². The highest BCUT2D eigenvalue weighted by Gasteiger charge is 2.33. The van der Waals surface area contributed by atoms with Crippen LogP contribution in [0, 0.1) is 5.92 Å². The Bertz CT molecular complexity index is 158. The van der Waals surface area contributed by atoms with Crippen molar-refractivity contribution in [2.75, 3.05) is 46.8 Å². The monoisotopic (exact) mass is 183 g/mol. The van der Waals surface area contributed by atoms with Gasteiger partial charge in [0.25, 0.3) is 0 Å². The molecule has 76 valence electrons. The number of nitrogens with one attached hydrogen (secondary N) is 1. The Morgan fingerprint density at radius 2 is 2.15 bits per heavy atom. The Morgan fingerprint density at radius 1 is 1.38 bits per heavy atom. The molecule has 2 rings (SSSR count). The van der Waals surface area contributed by atoms with E-state index in [0.29, 0.717) is 0 Å². The molecule has 0 unspecified atom stereocenters. The molecule has 0 aromatic carbocycles. The van der Waals surface area contributed by atoms with Crippen molar-refractivity contribution in [3.8, 4) is 0 Å². The number of likely N-dealkylation sites (tertiary alicyclic amines) is 1. The van der Waals surface area contributed by atoms with Crippen LogP contribution in [0.25, 0.3) is 0 Å². The van der Waals surface area contributed by atoms with Crippen molar-refractivity contribution in [2.24, 2.45) is 5.92 Å². The number of rotatable bonds is 3. The van der Waals surface area contributed by atoms with Gasteiger partial charge in [-0.1, -0.05) is 0 Å². The molecular weight excluding hydrogens is 162 g/mol. The predicted octanol–water partition coefficient (Wildman–Crippen LogP) is -0.158. The van der Waals surface area contributed by atoms with Gasteiger partial charge in [0.1, 0.15) is 0 Å². The molecule has 0 aromatic heterocycles. The maximum atomic E-state index is 3.42. The van der Waals surface area contributed by atoms with Crippen LogP contribution in [0.2, 0.25) is 0 Å². The van der Waals surface area contributed by atoms with E-state index in [1.165, 1.54) is 39.1 Å². The van der Waals surface area contributed by atoms with E-state index in [9.17, 15) is 0 Å². The molecule has 1 atom stereocenters. The molecule has 0 amide bonds. The normalized spacial score (nSPS) is 31.2. The first kappa shape index (κ1) is 9.44. The molecule has 1 N–H and O–H groups in total. The Morgan fingerprint density at radius 3 is 2.69 bits per heavy atom. The van der Waals surface area contributed by atoms with Gasteiger partial charge in [0, 0.05) is 32.2 Å². The van der Waals surface area contributed by atoms with E-state index in [1.807, 2.05) is 0 Å². The van der Waals surface area contributed by atoms with E-state index in [2.05, 4.69) is 29.2 Å². The van der Waals surface area contributed by atoms with E-state index >= 15 is 0 Å². The molecular formula is C10H21N3. The minimum Gasteiger partial charge on any atom is -0.315 e. The lowest BCUT2D eigenvalue weighted by Gasteiger charge is -2.44. The second-order valence-corrected chi connectivity index (χ2v) is 4.73. The van der Waals surface area contributed by atoms with Gasteiger partial charge in [0.2, 0.25) is 0 Å². The molecule has 3 heteroatoms. The van der Waals surface area contributed by atoms with Crippen LogP contribution in [-0.2, 0) is 0 Å². The second-order valence-electron chi connectivity index (χ2n) is 4.73. The van der Waals surface area contributed by atoms with Gasteiger partial charge in [-0.25, -0.2) is 0 Å².